The molecule has 0 heterocycles. The number of rotatable bonds is 4. The van der Waals surface area contributed by atoms with Crippen molar-refractivity contribution in [3.63, 3.8) is 0 Å². The zero-order chi connectivity index (χ0) is 17.0. The number of anilines is 1. The maximum atomic E-state index is 12.2. The number of carbonyl (C=O) groups is 1. The Balaban J connectivity index is 2.07. The van der Waals surface area contributed by atoms with Crippen LogP contribution in [-0.4, -0.2) is 22.9 Å². The molecule has 0 aliphatic heterocycles. The first-order chi connectivity index (χ1) is 10.9. The van der Waals surface area contributed by atoms with Crippen molar-refractivity contribution in [3.05, 3.63) is 68.7 Å². The minimum absolute atomic E-state index is 0.0637. The molecule has 2 aromatic carbocycles. The minimum Gasteiger partial charge on any atom is -0.323 e. The second-order valence-electron chi connectivity index (χ2n) is 5.17. The number of nitro benzene ring substituents is 1. The highest BCUT2D eigenvalue weighted by Gasteiger charge is 2.14. The zero-order valence-corrected chi connectivity index (χ0v) is 13.5. The van der Waals surface area contributed by atoms with Gasteiger partial charge in [0.15, 0.2) is 0 Å². The van der Waals surface area contributed by atoms with Gasteiger partial charge in [-0.1, -0.05) is 29.8 Å². The van der Waals surface area contributed by atoms with Gasteiger partial charge >= 0.3 is 6.03 Å². The molecule has 0 saturated heterocycles. The van der Waals surface area contributed by atoms with Crippen molar-refractivity contribution in [2.24, 2.45) is 0 Å². The molecule has 2 amide bonds. The molecule has 2 rings (SSSR count). The van der Waals surface area contributed by atoms with Crippen LogP contribution in [0.25, 0.3) is 0 Å². The van der Waals surface area contributed by atoms with Gasteiger partial charge in [0, 0.05) is 30.7 Å². The lowest BCUT2D eigenvalue weighted by Gasteiger charge is -2.19. The predicted molar refractivity (Wildman–Crippen MR) is 89.8 cm³/mol. The maximum absolute atomic E-state index is 12.2. The molecule has 0 saturated carbocycles. The van der Waals surface area contributed by atoms with Crippen LogP contribution in [0.5, 0.6) is 0 Å². The van der Waals surface area contributed by atoms with Crippen molar-refractivity contribution in [1.29, 1.82) is 0 Å². The Morgan fingerprint density at radius 1 is 1.26 bits per heavy atom. The number of urea groups is 1. The quantitative estimate of drug-likeness (QED) is 0.672. The molecule has 0 atom stereocenters. The number of non-ortho nitro benzene ring substituents is 1. The fourth-order valence-electron chi connectivity index (χ4n) is 2.00. The van der Waals surface area contributed by atoms with Gasteiger partial charge in [-0.3, -0.25) is 10.1 Å². The van der Waals surface area contributed by atoms with E-state index in [1.807, 2.05) is 12.1 Å². The maximum Gasteiger partial charge on any atom is 0.321 e. The number of nitrogens with zero attached hydrogens (tertiary/aromatic N) is 2. The molecule has 0 aliphatic rings. The van der Waals surface area contributed by atoms with Crippen LogP contribution in [0.15, 0.2) is 42.5 Å². The van der Waals surface area contributed by atoms with Gasteiger partial charge in [0.1, 0.15) is 0 Å². The van der Waals surface area contributed by atoms with Gasteiger partial charge < -0.3 is 10.2 Å². The summed E-state index contributed by atoms with van der Waals surface area (Å²) in [5, 5.41) is 14.2. The van der Waals surface area contributed by atoms with E-state index in [-0.39, 0.29) is 11.7 Å². The van der Waals surface area contributed by atoms with E-state index < -0.39 is 4.92 Å². The van der Waals surface area contributed by atoms with Crippen molar-refractivity contribution in [3.8, 4) is 0 Å². The standard InChI is InChI=1S/C16H16ClN3O3/c1-11-3-8-14(20(22)23)9-15(11)18-16(21)19(2)10-12-4-6-13(17)7-5-12/h3-9H,10H2,1-2H3,(H,18,21). The Kier molecular flexibility index (Phi) is 5.18. The third-order valence-electron chi connectivity index (χ3n) is 3.35. The van der Waals surface area contributed by atoms with Crippen LogP contribution >= 0.6 is 11.6 Å². The summed E-state index contributed by atoms with van der Waals surface area (Å²) in [5.74, 6) is 0. The average Bonchev–Trinajstić information content (AvgIpc) is 2.51. The smallest absolute Gasteiger partial charge is 0.321 e. The molecule has 7 heteroatoms. The topological polar surface area (TPSA) is 75.5 Å². The summed E-state index contributed by atoms with van der Waals surface area (Å²) in [6, 6.07) is 11.2. The molecular formula is C16H16ClN3O3. The summed E-state index contributed by atoms with van der Waals surface area (Å²) in [4.78, 5) is 24.1. The number of benzene rings is 2. The monoisotopic (exact) mass is 333 g/mol. The highest BCUT2D eigenvalue weighted by Crippen LogP contribution is 2.22. The van der Waals surface area contributed by atoms with E-state index in [2.05, 4.69) is 5.32 Å². The molecule has 23 heavy (non-hydrogen) atoms. The van der Waals surface area contributed by atoms with Crippen molar-refractivity contribution in [2.45, 2.75) is 13.5 Å². The highest BCUT2D eigenvalue weighted by molar-refractivity contribution is 6.30. The van der Waals surface area contributed by atoms with E-state index in [1.54, 1.807) is 32.2 Å². The Morgan fingerprint density at radius 2 is 1.91 bits per heavy atom. The third-order valence-corrected chi connectivity index (χ3v) is 3.61. The average molecular weight is 334 g/mol. The Morgan fingerprint density at radius 3 is 2.52 bits per heavy atom. The number of halogens is 1. The van der Waals surface area contributed by atoms with Crippen LogP contribution in [0.4, 0.5) is 16.2 Å². The molecule has 0 unspecified atom stereocenters. The van der Waals surface area contributed by atoms with Gasteiger partial charge in [-0.25, -0.2) is 4.79 Å². The van der Waals surface area contributed by atoms with E-state index in [1.165, 1.54) is 17.0 Å². The van der Waals surface area contributed by atoms with Gasteiger partial charge in [0.05, 0.1) is 10.6 Å². The second-order valence-corrected chi connectivity index (χ2v) is 5.61. The summed E-state index contributed by atoms with van der Waals surface area (Å²) in [6.07, 6.45) is 0. The third kappa shape index (κ3) is 4.43. The van der Waals surface area contributed by atoms with Crippen LogP contribution in [-0.2, 0) is 6.54 Å². The number of amides is 2. The molecule has 2 aromatic rings. The van der Waals surface area contributed by atoms with Crippen LogP contribution in [0.1, 0.15) is 11.1 Å². The van der Waals surface area contributed by atoms with E-state index in [0.717, 1.165) is 11.1 Å². The van der Waals surface area contributed by atoms with E-state index in [9.17, 15) is 14.9 Å². The van der Waals surface area contributed by atoms with E-state index in [0.29, 0.717) is 17.3 Å². The number of aryl methyl sites for hydroxylation is 1. The van der Waals surface area contributed by atoms with Crippen LogP contribution in [0.2, 0.25) is 5.02 Å². The normalized spacial score (nSPS) is 10.2. The molecule has 0 aliphatic carbocycles. The largest absolute Gasteiger partial charge is 0.323 e. The Bertz CT molecular complexity index is 732. The van der Waals surface area contributed by atoms with Gasteiger partial charge in [0.2, 0.25) is 0 Å². The Labute approximate surface area is 138 Å². The van der Waals surface area contributed by atoms with E-state index >= 15 is 0 Å². The summed E-state index contributed by atoms with van der Waals surface area (Å²) < 4.78 is 0. The first-order valence-corrected chi connectivity index (χ1v) is 7.26. The van der Waals surface area contributed by atoms with Gasteiger partial charge in [-0.15, -0.1) is 0 Å². The SMILES string of the molecule is Cc1ccc([N+](=O)[O-])cc1NC(=O)N(C)Cc1ccc(Cl)cc1. The lowest BCUT2D eigenvalue weighted by atomic mass is 10.2. The highest BCUT2D eigenvalue weighted by atomic mass is 35.5. The molecule has 120 valence electrons. The summed E-state index contributed by atoms with van der Waals surface area (Å²) in [5.41, 5.74) is 2.05. The Hall–Kier alpha value is -2.60. The van der Waals surface area contributed by atoms with Crippen molar-refractivity contribution < 1.29 is 9.72 Å². The van der Waals surface area contributed by atoms with Crippen LogP contribution in [0.3, 0.4) is 0 Å². The number of hydrogen-bond donors (Lipinski definition) is 1. The first-order valence-electron chi connectivity index (χ1n) is 6.88. The molecule has 0 bridgehead atoms. The lowest BCUT2D eigenvalue weighted by Crippen LogP contribution is -2.31. The number of carbonyl (C=O) groups excluding carboxylic acids is 1. The number of nitrogens with one attached hydrogen (secondary N) is 1. The molecule has 0 fully saturated rings. The van der Waals surface area contributed by atoms with Crippen molar-refractivity contribution in [2.75, 3.05) is 12.4 Å². The second kappa shape index (κ2) is 7.11. The molecule has 0 spiro atoms. The number of hydrogen-bond acceptors (Lipinski definition) is 3. The molecule has 6 nitrogen and oxygen atoms in total. The summed E-state index contributed by atoms with van der Waals surface area (Å²) >= 11 is 5.83. The fraction of sp³-hybridized carbons (Fsp3) is 0.188. The van der Waals surface area contributed by atoms with Crippen LogP contribution in [0, 0.1) is 17.0 Å². The fourth-order valence-corrected chi connectivity index (χ4v) is 2.13. The number of nitro groups is 1. The lowest BCUT2D eigenvalue weighted by molar-refractivity contribution is -0.384. The first kappa shape index (κ1) is 16.8. The van der Waals surface area contributed by atoms with Gasteiger partial charge in [-0.2, -0.15) is 0 Å². The van der Waals surface area contributed by atoms with E-state index in [4.69, 9.17) is 11.6 Å². The minimum atomic E-state index is -0.494. The van der Waals surface area contributed by atoms with Gasteiger partial charge in [-0.05, 0) is 30.2 Å². The molecule has 0 aromatic heterocycles. The van der Waals surface area contributed by atoms with Gasteiger partial charge in [0.25, 0.3) is 5.69 Å². The molecular weight excluding hydrogens is 318 g/mol. The molecule has 1 N–H and O–H groups in total. The zero-order valence-electron chi connectivity index (χ0n) is 12.7. The summed E-state index contributed by atoms with van der Waals surface area (Å²) in [7, 11) is 1.65. The molecule has 0 radical (unpaired) electrons. The summed E-state index contributed by atoms with van der Waals surface area (Å²) in [6.45, 7) is 2.18. The van der Waals surface area contributed by atoms with Crippen LogP contribution < -0.4 is 5.32 Å². The van der Waals surface area contributed by atoms with Crippen molar-refractivity contribution >= 4 is 29.0 Å². The predicted octanol–water partition coefficient (Wildman–Crippen LogP) is 4.22. The van der Waals surface area contributed by atoms with Crippen molar-refractivity contribution in [1.82, 2.24) is 4.90 Å².